The third-order valence-corrected chi connectivity index (χ3v) is 5.78. The number of hydrogen-bond donors (Lipinski definition) is 1. The van der Waals surface area contributed by atoms with E-state index in [-0.39, 0.29) is 18.1 Å². The summed E-state index contributed by atoms with van der Waals surface area (Å²) in [6.45, 7) is 1.80. The normalized spacial score (nSPS) is 10.7. The molecular weight excluding hydrogens is 444 g/mol. The summed E-state index contributed by atoms with van der Waals surface area (Å²) in [7, 11) is 1.50. The first-order valence-electron chi connectivity index (χ1n) is 10.1. The van der Waals surface area contributed by atoms with E-state index in [1.807, 2.05) is 6.92 Å². The number of amides is 1. The van der Waals surface area contributed by atoms with Crippen LogP contribution in [0.15, 0.2) is 59.4 Å². The van der Waals surface area contributed by atoms with Gasteiger partial charge in [-0.1, -0.05) is 30.4 Å². The molecule has 0 radical (unpaired) electrons. The van der Waals surface area contributed by atoms with E-state index < -0.39 is 5.97 Å². The molecule has 0 fully saturated rings. The summed E-state index contributed by atoms with van der Waals surface area (Å²) in [6.07, 6.45) is 0.702. The molecule has 2 heterocycles. The third kappa shape index (κ3) is 4.90. The van der Waals surface area contributed by atoms with Crippen molar-refractivity contribution >= 4 is 33.9 Å². The van der Waals surface area contributed by atoms with E-state index in [0.717, 1.165) is 5.01 Å². The molecule has 10 heteroatoms. The fourth-order valence-corrected chi connectivity index (χ4v) is 3.91. The summed E-state index contributed by atoms with van der Waals surface area (Å²) >= 11 is 1.32. The largest absolute Gasteiger partial charge is 0.496 e. The quantitative estimate of drug-likeness (QED) is 0.418. The van der Waals surface area contributed by atoms with Gasteiger partial charge in [0.1, 0.15) is 17.4 Å². The summed E-state index contributed by atoms with van der Waals surface area (Å²) in [5, 5.41) is 7.75. The van der Waals surface area contributed by atoms with E-state index in [4.69, 9.17) is 9.47 Å². The Labute approximate surface area is 192 Å². The Kier molecular flexibility index (Phi) is 6.45. The average Bonchev–Trinajstić information content (AvgIpc) is 3.27. The van der Waals surface area contributed by atoms with Crippen molar-refractivity contribution < 1.29 is 19.1 Å². The van der Waals surface area contributed by atoms with Gasteiger partial charge in [0.15, 0.2) is 0 Å². The minimum absolute atomic E-state index is 0.143. The van der Waals surface area contributed by atoms with Crippen molar-refractivity contribution in [1.29, 1.82) is 0 Å². The van der Waals surface area contributed by atoms with Crippen molar-refractivity contribution in [1.82, 2.24) is 14.6 Å². The number of para-hydroxylation sites is 1. The molecule has 4 rings (SSSR count). The van der Waals surface area contributed by atoms with Gasteiger partial charge in [0.05, 0.1) is 23.9 Å². The van der Waals surface area contributed by atoms with Gasteiger partial charge in [-0.3, -0.25) is 9.59 Å². The number of fused-ring (bicyclic) bond motifs is 1. The highest BCUT2D eigenvalue weighted by atomic mass is 32.1. The van der Waals surface area contributed by atoms with Crippen LogP contribution in [-0.2, 0) is 17.8 Å². The summed E-state index contributed by atoms with van der Waals surface area (Å²) in [4.78, 5) is 41.9. The molecule has 0 spiro atoms. The molecule has 33 heavy (non-hydrogen) atoms. The Hall–Kier alpha value is -4.05. The maximum absolute atomic E-state index is 12.5. The molecule has 0 saturated carbocycles. The Bertz CT molecular complexity index is 1380. The van der Waals surface area contributed by atoms with Crippen LogP contribution in [0.5, 0.6) is 5.75 Å². The van der Waals surface area contributed by atoms with E-state index in [0.29, 0.717) is 39.6 Å². The number of carbonyl (C=O) groups is 2. The van der Waals surface area contributed by atoms with Gasteiger partial charge < -0.3 is 14.8 Å². The second-order valence-electron chi connectivity index (χ2n) is 6.94. The molecular formula is C23H20N4O5S. The number of methoxy groups -OCH3 is 1. The highest BCUT2D eigenvalue weighted by molar-refractivity contribution is 7.16. The molecule has 9 nitrogen and oxygen atoms in total. The van der Waals surface area contributed by atoms with Gasteiger partial charge in [0.25, 0.3) is 11.5 Å². The lowest BCUT2D eigenvalue weighted by Gasteiger charge is -2.09. The average molecular weight is 465 g/mol. The topological polar surface area (TPSA) is 112 Å². The summed E-state index contributed by atoms with van der Waals surface area (Å²) in [5.41, 5.74) is 1.24. The zero-order valence-electron chi connectivity index (χ0n) is 17.9. The molecule has 0 aliphatic heterocycles. The molecule has 0 aliphatic rings. The molecule has 0 bridgehead atoms. The number of ether oxygens (including phenoxy) is 2. The number of benzene rings is 2. The van der Waals surface area contributed by atoms with Crippen molar-refractivity contribution in [2.24, 2.45) is 0 Å². The maximum Gasteiger partial charge on any atom is 0.338 e. The number of aromatic nitrogens is 3. The van der Waals surface area contributed by atoms with Gasteiger partial charge in [-0.05, 0) is 42.8 Å². The minimum atomic E-state index is -0.571. The van der Waals surface area contributed by atoms with E-state index in [1.165, 1.54) is 29.0 Å². The van der Waals surface area contributed by atoms with Gasteiger partial charge >= 0.3 is 5.97 Å². The monoisotopic (exact) mass is 464 g/mol. The second-order valence-corrected chi connectivity index (χ2v) is 7.98. The SMILES string of the molecule is CCc1nn2c(=O)cc(COC(=O)c3ccc(NC(=O)c4ccccc4OC)cc3)nc2s1. The van der Waals surface area contributed by atoms with Crippen LogP contribution in [0.2, 0.25) is 0 Å². The molecule has 0 saturated heterocycles. The lowest BCUT2D eigenvalue weighted by Crippen LogP contribution is -2.16. The zero-order valence-corrected chi connectivity index (χ0v) is 18.7. The molecule has 0 atom stereocenters. The van der Waals surface area contributed by atoms with Crippen molar-refractivity contribution in [3.8, 4) is 5.75 Å². The fourth-order valence-electron chi connectivity index (χ4n) is 3.06. The van der Waals surface area contributed by atoms with Gasteiger partial charge in [-0.2, -0.15) is 9.61 Å². The van der Waals surface area contributed by atoms with Crippen LogP contribution in [0, 0.1) is 0 Å². The highest BCUT2D eigenvalue weighted by Gasteiger charge is 2.14. The van der Waals surface area contributed by atoms with Crippen LogP contribution in [0.3, 0.4) is 0 Å². The first-order chi connectivity index (χ1) is 16.0. The first kappa shape index (κ1) is 22.2. The van der Waals surface area contributed by atoms with Gasteiger partial charge in [-0.25, -0.2) is 9.78 Å². The van der Waals surface area contributed by atoms with E-state index in [1.54, 1.807) is 48.5 Å². The number of nitrogens with one attached hydrogen (secondary N) is 1. The van der Waals surface area contributed by atoms with Gasteiger partial charge in [0.2, 0.25) is 4.96 Å². The van der Waals surface area contributed by atoms with Crippen LogP contribution >= 0.6 is 11.3 Å². The second kappa shape index (κ2) is 9.61. The molecule has 2 aromatic carbocycles. The highest BCUT2D eigenvalue weighted by Crippen LogP contribution is 2.20. The standard InChI is InChI=1S/C23H20N4O5S/c1-3-19-26-27-20(28)12-16(25-23(27)33-19)13-32-22(30)14-8-10-15(11-9-14)24-21(29)17-6-4-5-7-18(17)31-2/h4-12H,3,13H2,1-2H3,(H,24,29). The Morgan fingerprint density at radius 3 is 2.61 bits per heavy atom. The first-order valence-corrected chi connectivity index (χ1v) is 10.9. The molecule has 168 valence electrons. The smallest absolute Gasteiger partial charge is 0.338 e. The van der Waals surface area contributed by atoms with Crippen LogP contribution in [-0.4, -0.2) is 33.6 Å². The predicted octanol–water partition coefficient (Wildman–Crippen LogP) is 3.33. The number of carbonyl (C=O) groups excluding carboxylic acids is 2. The maximum atomic E-state index is 12.5. The predicted molar refractivity (Wildman–Crippen MR) is 123 cm³/mol. The number of rotatable bonds is 7. The van der Waals surface area contributed by atoms with Crippen LogP contribution in [0.25, 0.3) is 4.96 Å². The molecule has 0 aliphatic carbocycles. The van der Waals surface area contributed by atoms with Crippen LogP contribution < -0.4 is 15.6 Å². The van der Waals surface area contributed by atoms with Gasteiger partial charge in [-0.15, -0.1) is 0 Å². The Morgan fingerprint density at radius 2 is 1.88 bits per heavy atom. The molecule has 4 aromatic rings. The summed E-state index contributed by atoms with van der Waals surface area (Å²) in [5.74, 6) is -0.436. The van der Waals surface area contributed by atoms with Gasteiger partial charge in [0, 0.05) is 11.8 Å². The molecule has 0 unspecified atom stereocenters. The van der Waals surface area contributed by atoms with Crippen LogP contribution in [0.1, 0.15) is 38.3 Å². The Morgan fingerprint density at radius 1 is 1.12 bits per heavy atom. The lowest BCUT2D eigenvalue weighted by atomic mass is 10.1. The lowest BCUT2D eigenvalue weighted by molar-refractivity contribution is 0.0467. The fraction of sp³-hybridized carbons (Fsp3) is 0.174. The molecule has 1 N–H and O–H groups in total. The molecule has 2 aromatic heterocycles. The Balaban J connectivity index is 1.40. The number of anilines is 1. The van der Waals surface area contributed by atoms with E-state index in [9.17, 15) is 14.4 Å². The molecule has 1 amide bonds. The number of hydrogen-bond acceptors (Lipinski definition) is 8. The van der Waals surface area contributed by atoms with E-state index in [2.05, 4.69) is 15.4 Å². The zero-order chi connectivity index (χ0) is 23.4. The number of esters is 1. The van der Waals surface area contributed by atoms with Crippen LogP contribution in [0.4, 0.5) is 5.69 Å². The van der Waals surface area contributed by atoms with Crippen molar-refractivity contribution in [3.05, 3.63) is 86.8 Å². The van der Waals surface area contributed by atoms with Crippen molar-refractivity contribution in [2.45, 2.75) is 20.0 Å². The summed E-state index contributed by atoms with van der Waals surface area (Å²) in [6, 6.07) is 14.5. The minimum Gasteiger partial charge on any atom is -0.496 e. The number of aryl methyl sites for hydroxylation is 1. The summed E-state index contributed by atoms with van der Waals surface area (Å²) < 4.78 is 11.8. The van der Waals surface area contributed by atoms with E-state index >= 15 is 0 Å². The third-order valence-electron chi connectivity index (χ3n) is 4.72. The van der Waals surface area contributed by atoms with Crippen molar-refractivity contribution in [2.75, 3.05) is 12.4 Å². The number of nitrogens with zero attached hydrogens (tertiary/aromatic N) is 3. The van der Waals surface area contributed by atoms with Crippen molar-refractivity contribution in [3.63, 3.8) is 0 Å².